The average molecular weight is 253 g/mol. The third-order valence-corrected chi connectivity index (χ3v) is 3.62. The summed E-state index contributed by atoms with van der Waals surface area (Å²) in [4.78, 5) is 14.3. The van der Waals surface area contributed by atoms with Crippen molar-refractivity contribution >= 4 is 11.5 Å². The van der Waals surface area contributed by atoms with E-state index in [1.807, 2.05) is 49.4 Å². The molecule has 3 heteroatoms. The molecule has 19 heavy (non-hydrogen) atoms. The number of aliphatic hydroxyl groups is 1. The molecular formula is C16H15NO2. The fourth-order valence-electron chi connectivity index (χ4n) is 2.66. The molecule has 0 atom stereocenters. The zero-order valence-corrected chi connectivity index (χ0v) is 10.8. The van der Waals surface area contributed by atoms with E-state index in [-0.39, 0.29) is 12.5 Å². The molecule has 1 N–H and O–H groups in total. The van der Waals surface area contributed by atoms with E-state index < -0.39 is 0 Å². The minimum absolute atomic E-state index is 0.0492. The van der Waals surface area contributed by atoms with Crippen LogP contribution in [0.15, 0.2) is 42.5 Å². The van der Waals surface area contributed by atoms with Crippen LogP contribution in [-0.4, -0.2) is 24.2 Å². The Labute approximate surface area is 112 Å². The summed E-state index contributed by atoms with van der Waals surface area (Å²) in [5.41, 5.74) is 4.21. The topological polar surface area (TPSA) is 40.5 Å². The maximum atomic E-state index is 12.5. The third-order valence-electron chi connectivity index (χ3n) is 3.62. The van der Waals surface area contributed by atoms with E-state index in [2.05, 4.69) is 0 Å². The van der Waals surface area contributed by atoms with Gasteiger partial charge < -0.3 is 10.0 Å². The van der Waals surface area contributed by atoms with Gasteiger partial charge in [-0.1, -0.05) is 36.4 Å². The summed E-state index contributed by atoms with van der Waals surface area (Å²) in [6, 6.07) is 13.4. The van der Waals surface area contributed by atoms with E-state index in [9.17, 15) is 9.90 Å². The monoisotopic (exact) mass is 253 g/mol. The molecule has 0 aliphatic heterocycles. The molecule has 0 spiro atoms. The van der Waals surface area contributed by atoms with Crippen LogP contribution in [0.25, 0.3) is 11.1 Å². The Morgan fingerprint density at radius 2 is 1.68 bits per heavy atom. The molecule has 1 aliphatic carbocycles. The van der Waals surface area contributed by atoms with Gasteiger partial charge in [-0.25, -0.2) is 0 Å². The standard InChI is InChI=1S/C16H15NO2/c1-2-17(10-18)14-9-5-8-12-11-6-3-4-7-13(11)16(19)15(12)14/h3-9,18H,2,10H2,1H3. The molecule has 0 aromatic heterocycles. The Morgan fingerprint density at radius 3 is 2.37 bits per heavy atom. The van der Waals surface area contributed by atoms with Crippen LogP contribution in [-0.2, 0) is 0 Å². The van der Waals surface area contributed by atoms with Gasteiger partial charge in [-0.2, -0.15) is 0 Å². The lowest BCUT2D eigenvalue weighted by Crippen LogP contribution is -2.25. The summed E-state index contributed by atoms with van der Waals surface area (Å²) in [7, 11) is 0. The van der Waals surface area contributed by atoms with Crippen molar-refractivity contribution in [3.63, 3.8) is 0 Å². The second kappa shape index (κ2) is 4.52. The predicted octanol–water partition coefficient (Wildman–Crippen LogP) is 2.67. The normalized spacial score (nSPS) is 12.2. The Hall–Kier alpha value is -2.13. The number of fused-ring (bicyclic) bond motifs is 3. The number of carbonyl (C=O) groups excluding carboxylic acids is 1. The fourth-order valence-corrected chi connectivity index (χ4v) is 2.66. The molecule has 2 aromatic rings. The van der Waals surface area contributed by atoms with Crippen LogP contribution >= 0.6 is 0 Å². The molecule has 0 saturated heterocycles. The zero-order valence-electron chi connectivity index (χ0n) is 10.8. The lowest BCUT2D eigenvalue weighted by Gasteiger charge is -2.22. The molecule has 1 aliphatic rings. The van der Waals surface area contributed by atoms with Crippen LogP contribution in [0.3, 0.4) is 0 Å². The van der Waals surface area contributed by atoms with Crippen molar-refractivity contribution < 1.29 is 9.90 Å². The zero-order chi connectivity index (χ0) is 13.4. The molecule has 0 amide bonds. The molecule has 0 saturated carbocycles. The minimum Gasteiger partial charge on any atom is -0.376 e. The Kier molecular flexibility index (Phi) is 2.84. The maximum Gasteiger partial charge on any atom is 0.196 e. The van der Waals surface area contributed by atoms with Gasteiger partial charge in [0.25, 0.3) is 0 Å². The highest BCUT2D eigenvalue weighted by Crippen LogP contribution is 2.40. The molecule has 0 heterocycles. The minimum atomic E-state index is -0.0867. The molecule has 3 nitrogen and oxygen atoms in total. The number of rotatable bonds is 3. The average Bonchev–Trinajstić information content (AvgIpc) is 2.75. The van der Waals surface area contributed by atoms with Gasteiger partial charge in [0.2, 0.25) is 0 Å². The molecule has 0 bridgehead atoms. The predicted molar refractivity (Wildman–Crippen MR) is 75.4 cm³/mol. The number of hydrogen-bond acceptors (Lipinski definition) is 3. The summed E-state index contributed by atoms with van der Waals surface area (Å²) < 4.78 is 0. The number of anilines is 1. The van der Waals surface area contributed by atoms with E-state index in [0.717, 1.165) is 22.4 Å². The van der Waals surface area contributed by atoms with Crippen molar-refractivity contribution in [3.8, 4) is 11.1 Å². The van der Waals surface area contributed by atoms with Gasteiger partial charge in [0.15, 0.2) is 5.78 Å². The summed E-state index contributed by atoms with van der Waals surface area (Å²) in [6.45, 7) is 2.54. The fraction of sp³-hybridized carbons (Fsp3) is 0.188. The summed E-state index contributed by atoms with van der Waals surface area (Å²) >= 11 is 0. The van der Waals surface area contributed by atoms with Crippen molar-refractivity contribution in [3.05, 3.63) is 53.6 Å². The smallest absolute Gasteiger partial charge is 0.196 e. The molecule has 0 radical (unpaired) electrons. The number of ketones is 1. The number of nitrogens with zero attached hydrogens (tertiary/aromatic N) is 1. The number of benzene rings is 2. The first kappa shape index (κ1) is 11.9. The van der Waals surface area contributed by atoms with Crippen molar-refractivity contribution in [2.75, 3.05) is 18.2 Å². The van der Waals surface area contributed by atoms with Crippen molar-refractivity contribution in [2.24, 2.45) is 0 Å². The lowest BCUT2D eigenvalue weighted by atomic mass is 10.0. The molecule has 2 aromatic carbocycles. The van der Waals surface area contributed by atoms with Gasteiger partial charge in [0.05, 0.1) is 11.3 Å². The number of hydrogen-bond donors (Lipinski definition) is 1. The van der Waals surface area contributed by atoms with Crippen molar-refractivity contribution in [1.82, 2.24) is 0 Å². The lowest BCUT2D eigenvalue weighted by molar-refractivity contribution is 0.104. The van der Waals surface area contributed by atoms with Gasteiger partial charge in [-0.05, 0) is 24.1 Å². The van der Waals surface area contributed by atoms with E-state index in [1.54, 1.807) is 4.90 Å². The van der Waals surface area contributed by atoms with Gasteiger partial charge in [-0.3, -0.25) is 4.79 Å². The van der Waals surface area contributed by atoms with Crippen LogP contribution in [0.5, 0.6) is 0 Å². The van der Waals surface area contributed by atoms with Gasteiger partial charge >= 0.3 is 0 Å². The van der Waals surface area contributed by atoms with Crippen LogP contribution in [0.1, 0.15) is 22.8 Å². The second-order valence-electron chi connectivity index (χ2n) is 4.57. The van der Waals surface area contributed by atoms with Crippen molar-refractivity contribution in [1.29, 1.82) is 0 Å². The SMILES string of the molecule is CCN(CO)c1cccc2c1C(=O)c1ccccc1-2. The highest BCUT2D eigenvalue weighted by molar-refractivity contribution is 6.24. The summed E-state index contributed by atoms with van der Waals surface area (Å²) in [6.07, 6.45) is 0. The molecule has 0 unspecified atom stereocenters. The van der Waals surface area contributed by atoms with Gasteiger partial charge in [-0.15, -0.1) is 0 Å². The number of carbonyl (C=O) groups is 1. The number of aliphatic hydroxyl groups excluding tert-OH is 1. The summed E-state index contributed by atoms with van der Waals surface area (Å²) in [5.74, 6) is 0.0492. The van der Waals surface area contributed by atoms with Crippen LogP contribution < -0.4 is 4.90 Å². The first-order chi connectivity index (χ1) is 9.27. The Bertz CT molecular complexity index is 645. The molecule has 3 rings (SSSR count). The Morgan fingerprint density at radius 1 is 1.00 bits per heavy atom. The van der Waals surface area contributed by atoms with Crippen LogP contribution in [0, 0.1) is 0 Å². The molecule has 0 fully saturated rings. The van der Waals surface area contributed by atoms with E-state index in [4.69, 9.17) is 0 Å². The first-order valence-corrected chi connectivity index (χ1v) is 6.40. The highest BCUT2D eigenvalue weighted by Gasteiger charge is 2.29. The summed E-state index contributed by atoms with van der Waals surface area (Å²) in [5, 5.41) is 9.43. The Balaban J connectivity index is 2.24. The maximum absolute atomic E-state index is 12.5. The quantitative estimate of drug-likeness (QED) is 0.729. The molecular weight excluding hydrogens is 238 g/mol. The molecule has 96 valence electrons. The van der Waals surface area contributed by atoms with E-state index >= 15 is 0 Å². The van der Waals surface area contributed by atoms with E-state index in [1.165, 1.54) is 0 Å². The van der Waals surface area contributed by atoms with Gasteiger partial charge in [0.1, 0.15) is 6.73 Å². The third kappa shape index (κ3) is 1.66. The van der Waals surface area contributed by atoms with Gasteiger partial charge in [0, 0.05) is 12.1 Å². The largest absolute Gasteiger partial charge is 0.376 e. The van der Waals surface area contributed by atoms with E-state index in [0.29, 0.717) is 12.1 Å². The van der Waals surface area contributed by atoms with Crippen LogP contribution in [0.4, 0.5) is 5.69 Å². The van der Waals surface area contributed by atoms with Crippen molar-refractivity contribution in [2.45, 2.75) is 6.92 Å². The highest BCUT2D eigenvalue weighted by atomic mass is 16.3. The van der Waals surface area contributed by atoms with Crippen LogP contribution in [0.2, 0.25) is 0 Å². The second-order valence-corrected chi connectivity index (χ2v) is 4.57. The first-order valence-electron chi connectivity index (χ1n) is 6.40.